The molecule has 3 atom stereocenters. The molecule has 0 radical (unpaired) electrons. The van der Waals surface area contributed by atoms with Crippen molar-refractivity contribution in [1.82, 2.24) is 5.32 Å². The third kappa shape index (κ3) is 4.23. The minimum absolute atomic E-state index is 0.242. The molecule has 0 heterocycles. The number of phenols is 1. The second-order valence-electron chi connectivity index (χ2n) is 6.14. The standard InChI is InChI=1S/C17H26BrNO/c1-3-16(15-11-13(18)8-10-17(15)20)19-14-6-4-5-12(2)7-9-14/h8,10-12,14,16,19-20H,3-7,9H2,1-2H3. The molecule has 2 rings (SSSR count). The predicted octanol–water partition coefficient (Wildman–Crippen LogP) is 5.16. The fourth-order valence-corrected chi connectivity index (χ4v) is 3.55. The van der Waals surface area contributed by atoms with Gasteiger partial charge in [0.2, 0.25) is 0 Å². The Hall–Kier alpha value is -0.540. The van der Waals surface area contributed by atoms with Crippen LogP contribution >= 0.6 is 15.9 Å². The normalized spacial score (nSPS) is 25.1. The fourth-order valence-electron chi connectivity index (χ4n) is 3.17. The summed E-state index contributed by atoms with van der Waals surface area (Å²) in [6.07, 6.45) is 7.51. The number of hydrogen-bond donors (Lipinski definition) is 2. The topological polar surface area (TPSA) is 32.3 Å². The summed E-state index contributed by atoms with van der Waals surface area (Å²) in [7, 11) is 0. The van der Waals surface area contributed by atoms with E-state index < -0.39 is 0 Å². The summed E-state index contributed by atoms with van der Waals surface area (Å²) in [5, 5.41) is 13.9. The van der Waals surface area contributed by atoms with Crippen molar-refractivity contribution in [2.75, 3.05) is 0 Å². The van der Waals surface area contributed by atoms with Crippen LogP contribution in [0.2, 0.25) is 0 Å². The van der Waals surface area contributed by atoms with Crippen molar-refractivity contribution in [2.24, 2.45) is 5.92 Å². The van der Waals surface area contributed by atoms with Gasteiger partial charge in [0.25, 0.3) is 0 Å². The van der Waals surface area contributed by atoms with Crippen LogP contribution in [0.15, 0.2) is 22.7 Å². The van der Waals surface area contributed by atoms with Crippen molar-refractivity contribution in [3.63, 3.8) is 0 Å². The van der Waals surface area contributed by atoms with Crippen LogP contribution in [-0.2, 0) is 0 Å². The molecule has 1 aliphatic rings. The zero-order valence-electron chi connectivity index (χ0n) is 12.5. The molecule has 2 N–H and O–H groups in total. The van der Waals surface area contributed by atoms with E-state index in [0.717, 1.165) is 22.4 Å². The van der Waals surface area contributed by atoms with Gasteiger partial charge >= 0.3 is 0 Å². The highest BCUT2D eigenvalue weighted by molar-refractivity contribution is 9.10. The summed E-state index contributed by atoms with van der Waals surface area (Å²) in [5.74, 6) is 1.26. The Morgan fingerprint density at radius 1 is 1.30 bits per heavy atom. The monoisotopic (exact) mass is 339 g/mol. The molecule has 0 amide bonds. The zero-order chi connectivity index (χ0) is 14.5. The van der Waals surface area contributed by atoms with Gasteiger partial charge in [-0.1, -0.05) is 42.6 Å². The third-order valence-electron chi connectivity index (χ3n) is 4.47. The summed E-state index contributed by atoms with van der Waals surface area (Å²) in [6.45, 7) is 4.54. The average molecular weight is 340 g/mol. The first-order valence-electron chi connectivity index (χ1n) is 7.84. The van der Waals surface area contributed by atoms with Gasteiger partial charge in [-0.25, -0.2) is 0 Å². The SMILES string of the molecule is CCC(NC1CCCC(C)CC1)c1cc(Br)ccc1O. The van der Waals surface area contributed by atoms with E-state index in [0.29, 0.717) is 11.8 Å². The lowest BCUT2D eigenvalue weighted by molar-refractivity contribution is 0.375. The first-order chi connectivity index (χ1) is 9.60. The number of hydrogen-bond acceptors (Lipinski definition) is 2. The molecule has 0 bridgehead atoms. The lowest BCUT2D eigenvalue weighted by Crippen LogP contribution is -2.32. The largest absolute Gasteiger partial charge is 0.508 e. The average Bonchev–Trinajstić information content (AvgIpc) is 2.64. The number of halogens is 1. The van der Waals surface area contributed by atoms with Gasteiger partial charge in [-0.3, -0.25) is 0 Å². The highest BCUT2D eigenvalue weighted by Crippen LogP contribution is 2.31. The maximum absolute atomic E-state index is 10.1. The number of benzene rings is 1. The Kier molecular flexibility index (Phi) is 5.91. The Morgan fingerprint density at radius 3 is 2.85 bits per heavy atom. The summed E-state index contributed by atoms with van der Waals surface area (Å²) in [6, 6.07) is 6.53. The number of aromatic hydroxyl groups is 1. The summed E-state index contributed by atoms with van der Waals surface area (Å²) < 4.78 is 1.03. The molecule has 0 spiro atoms. The van der Waals surface area contributed by atoms with Crippen molar-refractivity contribution >= 4 is 15.9 Å². The van der Waals surface area contributed by atoms with Gasteiger partial charge in [0.05, 0.1) is 0 Å². The van der Waals surface area contributed by atoms with Crippen LogP contribution in [-0.4, -0.2) is 11.1 Å². The van der Waals surface area contributed by atoms with Crippen LogP contribution in [0.25, 0.3) is 0 Å². The van der Waals surface area contributed by atoms with Crippen molar-refractivity contribution in [3.05, 3.63) is 28.2 Å². The van der Waals surface area contributed by atoms with Crippen molar-refractivity contribution in [2.45, 2.75) is 64.5 Å². The molecular formula is C17H26BrNO. The minimum atomic E-state index is 0.242. The molecule has 1 aliphatic carbocycles. The Morgan fingerprint density at radius 2 is 2.10 bits per heavy atom. The van der Waals surface area contributed by atoms with E-state index in [1.54, 1.807) is 6.07 Å². The molecule has 2 nitrogen and oxygen atoms in total. The summed E-state index contributed by atoms with van der Waals surface area (Å²) in [5.41, 5.74) is 1.01. The molecule has 3 unspecified atom stereocenters. The maximum Gasteiger partial charge on any atom is 0.120 e. The molecule has 1 aromatic carbocycles. The van der Waals surface area contributed by atoms with E-state index in [1.165, 1.54) is 32.1 Å². The number of rotatable bonds is 4. The van der Waals surface area contributed by atoms with E-state index in [-0.39, 0.29) is 6.04 Å². The molecule has 3 heteroatoms. The molecule has 0 saturated heterocycles. The van der Waals surface area contributed by atoms with Crippen LogP contribution in [0, 0.1) is 5.92 Å². The molecule has 0 aromatic heterocycles. The third-order valence-corrected chi connectivity index (χ3v) is 4.96. The first-order valence-corrected chi connectivity index (χ1v) is 8.64. The van der Waals surface area contributed by atoms with E-state index in [4.69, 9.17) is 0 Å². The van der Waals surface area contributed by atoms with Crippen LogP contribution < -0.4 is 5.32 Å². The highest BCUT2D eigenvalue weighted by atomic mass is 79.9. The van der Waals surface area contributed by atoms with Gasteiger partial charge in [-0.15, -0.1) is 0 Å². The number of nitrogens with one attached hydrogen (secondary N) is 1. The van der Waals surface area contributed by atoms with Gasteiger partial charge in [0.15, 0.2) is 0 Å². The molecule has 1 fully saturated rings. The van der Waals surface area contributed by atoms with Crippen molar-refractivity contribution in [3.8, 4) is 5.75 Å². The Balaban J connectivity index is 2.06. The predicted molar refractivity (Wildman–Crippen MR) is 88.0 cm³/mol. The van der Waals surface area contributed by atoms with E-state index in [1.807, 2.05) is 12.1 Å². The molecule has 1 saturated carbocycles. The summed E-state index contributed by atoms with van der Waals surface area (Å²) in [4.78, 5) is 0. The van der Waals surface area contributed by atoms with Gasteiger partial charge < -0.3 is 10.4 Å². The van der Waals surface area contributed by atoms with E-state index in [9.17, 15) is 5.11 Å². The second-order valence-corrected chi connectivity index (χ2v) is 7.06. The van der Waals surface area contributed by atoms with Crippen LogP contribution in [0.4, 0.5) is 0 Å². The van der Waals surface area contributed by atoms with Gasteiger partial charge in [0.1, 0.15) is 5.75 Å². The van der Waals surface area contributed by atoms with Crippen LogP contribution in [0.3, 0.4) is 0 Å². The van der Waals surface area contributed by atoms with Gasteiger partial charge in [-0.05, 0) is 49.8 Å². The van der Waals surface area contributed by atoms with Crippen molar-refractivity contribution < 1.29 is 5.11 Å². The fraction of sp³-hybridized carbons (Fsp3) is 0.647. The maximum atomic E-state index is 10.1. The zero-order valence-corrected chi connectivity index (χ0v) is 14.1. The highest BCUT2D eigenvalue weighted by Gasteiger charge is 2.21. The molecule has 1 aromatic rings. The van der Waals surface area contributed by atoms with Crippen LogP contribution in [0.5, 0.6) is 5.75 Å². The molecule has 0 aliphatic heterocycles. The molecule has 112 valence electrons. The Labute approximate surface area is 131 Å². The second kappa shape index (κ2) is 7.46. The lowest BCUT2D eigenvalue weighted by atomic mass is 9.99. The number of phenolic OH excluding ortho intramolecular Hbond substituents is 1. The minimum Gasteiger partial charge on any atom is -0.508 e. The van der Waals surface area contributed by atoms with E-state index in [2.05, 4.69) is 35.1 Å². The van der Waals surface area contributed by atoms with Crippen molar-refractivity contribution in [1.29, 1.82) is 0 Å². The molecular weight excluding hydrogens is 314 g/mol. The first kappa shape index (κ1) is 15.8. The Bertz CT molecular complexity index is 435. The van der Waals surface area contributed by atoms with Crippen LogP contribution in [0.1, 0.15) is 64.0 Å². The smallest absolute Gasteiger partial charge is 0.120 e. The van der Waals surface area contributed by atoms with Gasteiger partial charge in [0, 0.05) is 22.1 Å². The van der Waals surface area contributed by atoms with Gasteiger partial charge in [-0.2, -0.15) is 0 Å². The summed E-state index contributed by atoms with van der Waals surface area (Å²) >= 11 is 3.50. The van der Waals surface area contributed by atoms with E-state index >= 15 is 0 Å². The lowest BCUT2D eigenvalue weighted by Gasteiger charge is -2.25. The quantitative estimate of drug-likeness (QED) is 0.742. The molecule has 20 heavy (non-hydrogen) atoms.